The van der Waals surface area contributed by atoms with Gasteiger partial charge in [-0.25, -0.2) is 0 Å². The van der Waals surface area contributed by atoms with Gasteiger partial charge in [0.25, 0.3) is 11.8 Å². The molecular weight excluding hydrogens is 528 g/mol. The van der Waals surface area contributed by atoms with Crippen molar-refractivity contribution in [2.24, 2.45) is 0 Å². The van der Waals surface area contributed by atoms with Gasteiger partial charge in [0.1, 0.15) is 12.3 Å². The summed E-state index contributed by atoms with van der Waals surface area (Å²) in [5.41, 5.74) is 6.49. The van der Waals surface area contributed by atoms with Crippen molar-refractivity contribution in [2.45, 2.75) is 37.6 Å². The summed E-state index contributed by atoms with van der Waals surface area (Å²) in [6.07, 6.45) is -0.788. The normalized spacial score (nSPS) is 22.7. The average molecular weight is 557 g/mol. The zero-order valence-electron chi connectivity index (χ0n) is 23.2. The van der Waals surface area contributed by atoms with Crippen LogP contribution >= 0.6 is 0 Å². The van der Waals surface area contributed by atoms with Gasteiger partial charge in [-0.1, -0.05) is 54.6 Å². The summed E-state index contributed by atoms with van der Waals surface area (Å²) in [6, 6.07) is 25.7. The predicted molar refractivity (Wildman–Crippen MR) is 161 cm³/mol. The minimum atomic E-state index is -0.503. The first-order valence-electron chi connectivity index (χ1n) is 14.4. The van der Waals surface area contributed by atoms with Gasteiger partial charge in [0.2, 0.25) is 0 Å². The average Bonchev–Trinajstić information content (AvgIpc) is 3.67. The molecule has 1 fully saturated rings. The fraction of sp³-hybridized carbons (Fsp3) is 0.235. The molecule has 0 saturated carbocycles. The van der Waals surface area contributed by atoms with Crippen molar-refractivity contribution in [3.8, 4) is 0 Å². The van der Waals surface area contributed by atoms with Gasteiger partial charge in [0.05, 0.1) is 33.7 Å². The molecule has 3 aliphatic rings. The second-order valence-electron chi connectivity index (χ2n) is 11.5. The molecule has 2 amide bonds. The molecule has 4 aromatic carbocycles. The van der Waals surface area contributed by atoms with Crippen molar-refractivity contribution in [3.63, 3.8) is 0 Å². The topological polar surface area (TPSA) is 77.7 Å². The standard InChI is InChI=1S/C34H28N4O4/c1-36(33(40)18-10-4-3-5-11-18)24-16-25-37-22-14-8-7-13-20(22)27-28-21(17-35-32(28)39)26-19-12-6-9-15-23(19)38(29(26)30(27)37)34(42-25)31(24)41-2/h3-15,24-25,31,34H,16-17H2,1-2H3,(H,35,39)/t24-,25-,31-,34?/m1/s1. The SMILES string of the molecule is CO[C@H]1C2O[C@H](C[C@H]1N(C)C(=O)c1ccccc1)n1c3ccccc3c3c4c(c5c6ccccc6n2c5c31)CNC4=O. The van der Waals surface area contributed by atoms with Crippen LogP contribution in [0, 0.1) is 0 Å². The van der Waals surface area contributed by atoms with Gasteiger partial charge in [0, 0.05) is 54.2 Å². The second-order valence-corrected chi connectivity index (χ2v) is 11.5. The van der Waals surface area contributed by atoms with Crippen LogP contribution in [0.2, 0.25) is 0 Å². The highest BCUT2D eigenvalue weighted by Gasteiger charge is 2.48. The summed E-state index contributed by atoms with van der Waals surface area (Å²) in [7, 11) is 3.56. The maximum absolute atomic E-state index is 13.8. The maximum Gasteiger partial charge on any atom is 0.253 e. The van der Waals surface area contributed by atoms with E-state index in [1.54, 1.807) is 7.11 Å². The highest BCUT2D eigenvalue weighted by atomic mass is 16.6. The fourth-order valence-corrected chi connectivity index (χ4v) is 7.86. The van der Waals surface area contributed by atoms with Crippen molar-refractivity contribution >= 4 is 55.4 Å². The van der Waals surface area contributed by atoms with Crippen molar-refractivity contribution in [2.75, 3.05) is 14.2 Å². The number of fused-ring (bicyclic) bond motifs is 13. The molecule has 42 heavy (non-hydrogen) atoms. The largest absolute Gasteiger partial charge is 0.375 e. The Hall–Kier alpha value is -4.66. The lowest BCUT2D eigenvalue weighted by Gasteiger charge is -2.44. The first-order valence-corrected chi connectivity index (χ1v) is 14.4. The Morgan fingerprint density at radius 3 is 2.29 bits per heavy atom. The second kappa shape index (κ2) is 8.44. The molecule has 8 nitrogen and oxygen atoms in total. The Kier molecular flexibility index (Phi) is 4.82. The number of amides is 2. The number of hydrogen-bond donors (Lipinski definition) is 1. The van der Waals surface area contributed by atoms with Crippen molar-refractivity contribution in [3.05, 3.63) is 95.6 Å². The molecule has 2 aromatic heterocycles. The first-order chi connectivity index (χ1) is 20.6. The Morgan fingerprint density at radius 2 is 1.55 bits per heavy atom. The van der Waals surface area contributed by atoms with Crippen LogP contribution in [0.4, 0.5) is 0 Å². The molecule has 0 radical (unpaired) electrons. The van der Waals surface area contributed by atoms with E-state index < -0.39 is 12.3 Å². The quantitative estimate of drug-likeness (QED) is 0.302. The zero-order chi connectivity index (χ0) is 28.3. The van der Waals surface area contributed by atoms with Gasteiger partial charge in [-0.3, -0.25) is 9.59 Å². The lowest BCUT2D eigenvalue weighted by atomic mass is 9.97. The lowest BCUT2D eigenvalue weighted by molar-refractivity contribution is -0.203. The number of nitrogens with one attached hydrogen (secondary N) is 1. The number of benzene rings is 4. The van der Waals surface area contributed by atoms with E-state index >= 15 is 0 Å². The van der Waals surface area contributed by atoms with E-state index in [9.17, 15) is 9.59 Å². The van der Waals surface area contributed by atoms with Crippen LogP contribution in [0.1, 0.15) is 45.2 Å². The third kappa shape index (κ3) is 2.88. The van der Waals surface area contributed by atoms with Crippen molar-refractivity contribution in [1.29, 1.82) is 0 Å². The van der Waals surface area contributed by atoms with Crippen LogP contribution in [0.3, 0.4) is 0 Å². The fourth-order valence-electron chi connectivity index (χ4n) is 7.86. The van der Waals surface area contributed by atoms with E-state index in [1.165, 1.54) is 0 Å². The number of carbonyl (C=O) groups is 2. The van der Waals surface area contributed by atoms with Gasteiger partial charge in [-0.05, 0) is 29.8 Å². The zero-order valence-corrected chi connectivity index (χ0v) is 23.2. The highest BCUT2D eigenvalue weighted by Crippen LogP contribution is 2.52. The highest BCUT2D eigenvalue weighted by molar-refractivity contribution is 6.30. The summed E-state index contributed by atoms with van der Waals surface area (Å²) in [4.78, 5) is 29.1. The van der Waals surface area contributed by atoms with Crippen LogP contribution in [0.25, 0.3) is 43.6 Å². The number of methoxy groups -OCH3 is 1. The molecule has 0 spiro atoms. The number of nitrogens with zero attached hydrogens (tertiary/aromatic N) is 3. The third-order valence-corrected chi connectivity index (χ3v) is 9.60. The minimum absolute atomic E-state index is 0.0411. The van der Waals surface area contributed by atoms with Gasteiger partial charge in [0.15, 0.2) is 6.23 Å². The summed E-state index contributed by atoms with van der Waals surface area (Å²) < 4.78 is 17.8. The molecule has 1 N–H and O–H groups in total. The molecule has 8 heteroatoms. The predicted octanol–water partition coefficient (Wildman–Crippen LogP) is 5.73. The van der Waals surface area contributed by atoms with Crippen molar-refractivity contribution < 1.29 is 19.1 Å². The van der Waals surface area contributed by atoms with Crippen LogP contribution < -0.4 is 5.32 Å². The van der Waals surface area contributed by atoms with Gasteiger partial charge >= 0.3 is 0 Å². The summed E-state index contributed by atoms with van der Waals surface area (Å²) >= 11 is 0. The van der Waals surface area contributed by atoms with Crippen molar-refractivity contribution in [1.82, 2.24) is 19.4 Å². The number of rotatable bonds is 3. The van der Waals surface area contributed by atoms with Gasteiger partial charge < -0.3 is 28.8 Å². The maximum atomic E-state index is 13.8. The van der Waals surface area contributed by atoms with Crippen LogP contribution in [-0.2, 0) is 16.0 Å². The van der Waals surface area contributed by atoms with E-state index in [4.69, 9.17) is 9.47 Å². The molecule has 3 aliphatic heterocycles. The van der Waals surface area contributed by atoms with E-state index in [-0.39, 0.29) is 24.1 Å². The summed E-state index contributed by atoms with van der Waals surface area (Å²) in [5.74, 6) is -0.0971. The Morgan fingerprint density at radius 1 is 0.905 bits per heavy atom. The number of para-hydroxylation sites is 2. The van der Waals surface area contributed by atoms with Crippen LogP contribution in [-0.4, -0.2) is 52.2 Å². The Labute approximate surface area is 241 Å². The van der Waals surface area contributed by atoms with E-state index in [0.29, 0.717) is 18.5 Å². The molecule has 208 valence electrons. The number of ether oxygens (including phenoxy) is 2. The van der Waals surface area contributed by atoms with Crippen LogP contribution in [0.15, 0.2) is 78.9 Å². The number of hydrogen-bond acceptors (Lipinski definition) is 4. The van der Waals surface area contributed by atoms with Gasteiger partial charge in [-0.15, -0.1) is 0 Å². The number of carbonyl (C=O) groups excluding carboxylic acids is 2. The number of aromatic nitrogens is 2. The minimum Gasteiger partial charge on any atom is -0.375 e. The first kappa shape index (κ1) is 24.0. The molecule has 1 unspecified atom stereocenters. The molecule has 5 heterocycles. The molecule has 9 rings (SSSR count). The number of likely N-dealkylation sites (N-methyl/N-ethyl adjacent to an activating group) is 1. The van der Waals surface area contributed by atoms with Gasteiger partial charge in [-0.2, -0.15) is 0 Å². The van der Waals surface area contributed by atoms with E-state index in [0.717, 1.165) is 54.7 Å². The molecule has 6 aromatic rings. The molecule has 4 atom stereocenters. The summed E-state index contributed by atoms with van der Waals surface area (Å²) in [6.45, 7) is 0.480. The van der Waals surface area contributed by atoms with Crippen LogP contribution in [0.5, 0.6) is 0 Å². The monoisotopic (exact) mass is 556 g/mol. The third-order valence-electron chi connectivity index (χ3n) is 9.60. The molecule has 0 aliphatic carbocycles. The molecule has 2 bridgehead atoms. The molecule has 1 saturated heterocycles. The smallest absolute Gasteiger partial charge is 0.253 e. The summed E-state index contributed by atoms with van der Waals surface area (Å²) in [5, 5.41) is 7.26. The Balaban J connectivity index is 1.40. The Bertz CT molecular complexity index is 2130. The van der Waals surface area contributed by atoms with E-state index in [1.807, 2.05) is 66.5 Å². The molecular formula is C34H28N4O4. The lowest BCUT2D eigenvalue weighted by Crippen LogP contribution is -2.53. The van der Waals surface area contributed by atoms with E-state index in [2.05, 4.69) is 38.7 Å².